The van der Waals surface area contributed by atoms with Crippen LogP contribution in [0.4, 0.5) is 4.39 Å². The average Bonchev–Trinajstić information content (AvgIpc) is 3.17. The van der Waals surface area contributed by atoms with E-state index in [1.807, 2.05) is 31.2 Å². The molecule has 4 rings (SSSR count). The molecule has 0 aromatic heterocycles. The lowest BCUT2D eigenvalue weighted by Crippen LogP contribution is -2.41. The molecule has 1 aliphatic rings. The first-order valence-corrected chi connectivity index (χ1v) is 12.4. The zero-order valence-electron chi connectivity index (χ0n) is 21.0. The van der Waals surface area contributed by atoms with E-state index in [9.17, 15) is 19.1 Å². The van der Waals surface area contributed by atoms with Gasteiger partial charge in [0.15, 0.2) is 16.3 Å². The molecule has 0 bridgehead atoms. The van der Waals surface area contributed by atoms with E-state index in [4.69, 9.17) is 14.2 Å². The number of methoxy groups -OCH3 is 3. The minimum absolute atomic E-state index is 0.0292. The van der Waals surface area contributed by atoms with Gasteiger partial charge in [-0.05, 0) is 48.9 Å². The van der Waals surface area contributed by atoms with Gasteiger partial charge in [0.05, 0.1) is 33.8 Å². The molecule has 0 saturated carbocycles. The first-order valence-electron chi connectivity index (χ1n) is 11.5. The molecule has 0 aliphatic carbocycles. The molecule has 0 radical (unpaired) electrons. The number of amides is 1. The van der Waals surface area contributed by atoms with Crippen molar-refractivity contribution >= 4 is 23.6 Å². The van der Waals surface area contributed by atoms with E-state index in [0.717, 1.165) is 17.3 Å². The van der Waals surface area contributed by atoms with Crippen LogP contribution in [-0.4, -0.2) is 48.0 Å². The van der Waals surface area contributed by atoms with Crippen LogP contribution < -0.4 is 14.2 Å². The van der Waals surface area contributed by atoms with Gasteiger partial charge in [-0.25, -0.2) is 4.39 Å². The molecule has 1 heterocycles. The summed E-state index contributed by atoms with van der Waals surface area (Å²) in [7, 11) is 4.40. The van der Waals surface area contributed by atoms with E-state index < -0.39 is 22.6 Å². The van der Waals surface area contributed by atoms with E-state index in [0.29, 0.717) is 27.5 Å². The number of carbonyl (C=O) groups is 2. The Kier molecular flexibility index (Phi) is 7.63. The van der Waals surface area contributed by atoms with Gasteiger partial charge in [0.2, 0.25) is 5.91 Å². The summed E-state index contributed by atoms with van der Waals surface area (Å²) in [4.78, 5) is 28.8. The van der Waals surface area contributed by atoms with Crippen LogP contribution in [0.2, 0.25) is 0 Å². The predicted octanol–water partition coefficient (Wildman–Crippen LogP) is 5.25. The minimum atomic E-state index is -1.57. The molecule has 2 atom stereocenters. The number of aliphatic carboxylic acids is 1. The number of halogens is 1. The number of carboxylic acids is 1. The molecule has 1 fully saturated rings. The van der Waals surface area contributed by atoms with Crippen molar-refractivity contribution < 1.29 is 33.3 Å². The number of carboxylic acid groups (broad SMARTS) is 1. The van der Waals surface area contributed by atoms with Crippen LogP contribution in [-0.2, 0) is 16.1 Å². The van der Waals surface area contributed by atoms with Crippen molar-refractivity contribution in [1.29, 1.82) is 0 Å². The molecule has 9 heteroatoms. The quantitative estimate of drug-likeness (QED) is 0.408. The van der Waals surface area contributed by atoms with Gasteiger partial charge in [-0.15, -0.1) is 11.8 Å². The summed E-state index contributed by atoms with van der Waals surface area (Å²) in [5.74, 6) is -0.994. The first kappa shape index (κ1) is 26.3. The molecule has 0 spiro atoms. The Balaban J connectivity index is 1.85. The molecule has 3 aromatic carbocycles. The minimum Gasteiger partial charge on any atom is -0.497 e. The lowest BCUT2D eigenvalue weighted by Gasteiger charge is -2.35. The molecule has 194 valence electrons. The summed E-state index contributed by atoms with van der Waals surface area (Å²) >= 11 is 1.12. The van der Waals surface area contributed by atoms with Crippen molar-refractivity contribution in [3.63, 3.8) is 0 Å². The Bertz CT molecular complexity index is 1310. The maximum Gasteiger partial charge on any atom is 0.323 e. The van der Waals surface area contributed by atoms with Crippen molar-refractivity contribution in [2.75, 3.05) is 21.3 Å². The fourth-order valence-corrected chi connectivity index (χ4v) is 5.96. The summed E-state index contributed by atoms with van der Waals surface area (Å²) in [5.41, 5.74) is 2.17. The third kappa shape index (κ3) is 5.09. The van der Waals surface area contributed by atoms with Crippen LogP contribution in [0, 0.1) is 12.7 Å². The van der Waals surface area contributed by atoms with E-state index in [2.05, 4.69) is 0 Å². The van der Waals surface area contributed by atoms with Crippen LogP contribution in [0.5, 0.6) is 17.2 Å². The van der Waals surface area contributed by atoms with Crippen molar-refractivity contribution in [2.45, 2.75) is 35.6 Å². The molecule has 1 unspecified atom stereocenters. The molecule has 1 amide bonds. The highest BCUT2D eigenvalue weighted by Crippen LogP contribution is 2.53. The van der Waals surface area contributed by atoms with Gasteiger partial charge < -0.3 is 24.2 Å². The monoisotopic (exact) mass is 525 g/mol. The molecular weight excluding hydrogens is 497 g/mol. The van der Waals surface area contributed by atoms with Crippen molar-refractivity contribution in [1.82, 2.24) is 4.90 Å². The van der Waals surface area contributed by atoms with E-state index >= 15 is 0 Å². The fourth-order valence-electron chi connectivity index (χ4n) is 4.60. The van der Waals surface area contributed by atoms with Gasteiger partial charge in [-0.3, -0.25) is 9.59 Å². The van der Waals surface area contributed by atoms with Crippen LogP contribution in [0.1, 0.15) is 29.2 Å². The number of nitrogens with zero attached hydrogens (tertiary/aromatic N) is 1. The largest absolute Gasteiger partial charge is 0.497 e. The summed E-state index contributed by atoms with van der Waals surface area (Å²) in [6.07, 6.45) is -0.246. The second-order valence-electron chi connectivity index (χ2n) is 8.78. The first-order chi connectivity index (χ1) is 17.7. The molecule has 1 N–H and O–H groups in total. The smallest absolute Gasteiger partial charge is 0.323 e. The Labute approximate surface area is 219 Å². The Morgan fingerprint density at radius 3 is 2.35 bits per heavy atom. The van der Waals surface area contributed by atoms with Crippen molar-refractivity contribution in [3.05, 3.63) is 83.2 Å². The number of rotatable bonds is 9. The lowest BCUT2D eigenvalue weighted by molar-refractivity contribution is -0.140. The van der Waals surface area contributed by atoms with E-state index in [1.165, 1.54) is 37.3 Å². The van der Waals surface area contributed by atoms with Gasteiger partial charge in [0.1, 0.15) is 11.5 Å². The lowest BCUT2D eigenvalue weighted by atomic mass is 9.92. The fraction of sp³-hybridized carbons (Fsp3) is 0.286. The SMILES string of the molecule is COc1ccc(CN2C(=O)CC(Sc3ccc(C)cc3)(C(=O)O)[C@H]2c2ccc(F)c(OC)c2)c(OC)c1. The maximum absolute atomic E-state index is 14.3. The second-order valence-corrected chi connectivity index (χ2v) is 10.2. The normalized spacial score (nSPS) is 19.1. The van der Waals surface area contributed by atoms with Gasteiger partial charge >= 0.3 is 5.97 Å². The van der Waals surface area contributed by atoms with Crippen LogP contribution in [0.3, 0.4) is 0 Å². The third-order valence-electron chi connectivity index (χ3n) is 6.50. The Morgan fingerprint density at radius 1 is 1.03 bits per heavy atom. The number of aryl methyl sites for hydroxylation is 1. The van der Waals surface area contributed by atoms with E-state index in [-0.39, 0.29) is 24.6 Å². The van der Waals surface area contributed by atoms with Crippen LogP contribution in [0.15, 0.2) is 65.6 Å². The highest BCUT2D eigenvalue weighted by molar-refractivity contribution is 8.01. The number of hydrogen-bond acceptors (Lipinski definition) is 6. The molecule has 7 nitrogen and oxygen atoms in total. The maximum atomic E-state index is 14.3. The molecular formula is C28H28FNO6S. The number of likely N-dealkylation sites (tertiary alicyclic amines) is 1. The van der Waals surface area contributed by atoms with Crippen molar-refractivity contribution in [3.8, 4) is 17.2 Å². The summed E-state index contributed by atoms with van der Waals surface area (Å²) in [6.45, 7) is 2.03. The topological polar surface area (TPSA) is 85.3 Å². The predicted molar refractivity (Wildman–Crippen MR) is 138 cm³/mol. The Morgan fingerprint density at radius 2 is 1.73 bits per heavy atom. The molecule has 1 aliphatic heterocycles. The van der Waals surface area contributed by atoms with Gasteiger partial charge in [0.25, 0.3) is 0 Å². The number of hydrogen-bond donors (Lipinski definition) is 1. The zero-order valence-corrected chi connectivity index (χ0v) is 21.8. The average molecular weight is 526 g/mol. The Hall–Kier alpha value is -3.72. The number of benzene rings is 3. The van der Waals surface area contributed by atoms with Gasteiger partial charge in [-0.1, -0.05) is 23.8 Å². The molecule has 3 aromatic rings. The summed E-state index contributed by atoms with van der Waals surface area (Å²) in [6, 6.07) is 16.0. The van der Waals surface area contributed by atoms with E-state index in [1.54, 1.807) is 25.3 Å². The number of carbonyl (C=O) groups excluding carboxylic acids is 1. The molecule has 1 saturated heterocycles. The highest BCUT2D eigenvalue weighted by atomic mass is 32.2. The summed E-state index contributed by atoms with van der Waals surface area (Å²) in [5, 5.41) is 10.6. The van der Waals surface area contributed by atoms with Gasteiger partial charge in [0, 0.05) is 23.1 Å². The van der Waals surface area contributed by atoms with Crippen LogP contribution >= 0.6 is 11.8 Å². The van der Waals surface area contributed by atoms with Crippen molar-refractivity contribution in [2.24, 2.45) is 0 Å². The highest BCUT2D eigenvalue weighted by Gasteiger charge is 2.58. The van der Waals surface area contributed by atoms with Crippen LogP contribution in [0.25, 0.3) is 0 Å². The standard InChI is InChI=1S/C28H28FNO6S/c1-17-5-10-21(11-6-17)37-28(27(32)33)15-25(31)30(16-19-7-9-20(34-2)14-23(19)35-3)26(28)18-8-12-22(29)24(13-18)36-4/h5-14,26H,15-16H2,1-4H3,(H,32,33)/t26-,28?/m1/s1. The zero-order chi connectivity index (χ0) is 26.7. The van der Waals surface area contributed by atoms with Gasteiger partial charge in [-0.2, -0.15) is 0 Å². The number of thioether (sulfide) groups is 1. The molecule has 37 heavy (non-hydrogen) atoms. The second kappa shape index (κ2) is 10.7. The number of ether oxygens (including phenoxy) is 3. The third-order valence-corrected chi connectivity index (χ3v) is 7.91. The summed E-state index contributed by atoms with van der Waals surface area (Å²) < 4.78 is 28.7.